The molecule has 24 heavy (non-hydrogen) atoms. The Labute approximate surface area is 139 Å². The molecule has 2 heterocycles. The Hall–Kier alpha value is -2.76. The van der Waals surface area contributed by atoms with Crippen LogP contribution in [0.25, 0.3) is 0 Å². The first-order valence-corrected chi connectivity index (χ1v) is 7.95. The van der Waals surface area contributed by atoms with E-state index in [0.29, 0.717) is 18.5 Å². The lowest BCUT2D eigenvalue weighted by molar-refractivity contribution is 0.0666. The summed E-state index contributed by atoms with van der Waals surface area (Å²) in [6.07, 6.45) is 1.41. The highest BCUT2D eigenvalue weighted by molar-refractivity contribution is 6.04. The van der Waals surface area contributed by atoms with Crippen molar-refractivity contribution in [2.75, 3.05) is 6.54 Å². The van der Waals surface area contributed by atoms with Gasteiger partial charge in [0.05, 0.1) is 6.04 Å². The van der Waals surface area contributed by atoms with Crippen molar-refractivity contribution in [1.82, 2.24) is 15.1 Å². The van der Waals surface area contributed by atoms with E-state index in [1.807, 2.05) is 32.0 Å². The van der Waals surface area contributed by atoms with Crippen LogP contribution >= 0.6 is 0 Å². The zero-order valence-corrected chi connectivity index (χ0v) is 13.7. The first-order chi connectivity index (χ1) is 11.5. The Morgan fingerprint density at radius 2 is 1.96 bits per heavy atom. The number of aryl methyl sites for hydroxylation is 2. The molecule has 6 heteroatoms. The second kappa shape index (κ2) is 6.39. The summed E-state index contributed by atoms with van der Waals surface area (Å²) in [4.78, 5) is 38.1. The van der Waals surface area contributed by atoms with Crippen LogP contribution in [-0.2, 0) is 0 Å². The van der Waals surface area contributed by atoms with Crippen molar-refractivity contribution >= 4 is 11.7 Å². The van der Waals surface area contributed by atoms with Gasteiger partial charge in [-0.05, 0) is 49.9 Å². The Balaban J connectivity index is 1.85. The van der Waals surface area contributed by atoms with Gasteiger partial charge < -0.3 is 4.90 Å². The molecule has 1 fully saturated rings. The van der Waals surface area contributed by atoms with Crippen LogP contribution < -0.4 is 5.56 Å². The molecule has 2 aromatic rings. The van der Waals surface area contributed by atoms with E-state index in [1.54, 1.807) is 4.90 Å². The Kier molecular flexibility index (Phi) is 4.29. The van der Waals surface area contributed by atoms with Gasteiger partial charge in [-0.25, -0.2) is 5.10 Å². The number of Topliss-reactive ketones (excluding diaryl/α,β-unsaturated/α-hetero) is 1. The summed E-state index contributed by atoms with van der Waals surface area (Å²) in [6.45, 7) is 4.48. The van der Waals surface area contributed by atoms with Crippen LogP contribution in [0.5, 0.6) is 0 Å². The van der Waals surface area contributed by atoms with E-state index in [0.717, 1.165) is 17.5 Å². The van der Waals surface area contributed by atoms with Gasteiger partial charge in [-0.3, -0.25) is 14.4 Å². The van der Waals surface area contributed by atoms with E-state index >= 15 is 0 Å². The molecule has 1 aromatic carbocycles. The van der Waals surface area contributed by atoms with E-state index < -0.39 is 6.04 Å². The molecule has 1 amide bonds. The van der Waals surface area contributed by atoms with Crippen LogP contribution in [0.1, 0.15) is 44.8 Å². The molecule has 1 aliphatic heterocycles. The predicted octanol–water partition coefficient (Wildman–Crippen LogP) is 1.87. The van der Waals surface area contributed by atoms with Gasteiger partial charge in [0.2, 0.25) is 0 Å². The third-order valence-electron chi connectivity index (χ3n) is 4.51. The Morgan fingerprint density at radius 3 is 2.62 bits per heavy atom. The number of aromatic amines is 1. The summed E-state index contributed by atoms with van der Waals surface area (Å²) in [5.74, 6) is -0.376. The number of nitrogens with one attached hydrogen (secondary N) is 1. The fourth-order valence-corrected chi connectivity index (χ4v) is 2.98. The number of aromatic nitrogens is 2. The summed E-state index contributed by atoms with van der Waals surface area (Å²) in [5, 5.41) is 6.03. The van der Waals surface area contributed by atoms with Crippen LogP contribution in [0, 0.1) is 13.8 Å². The minimum absolute atomic E-state index is 0.0478. The van der Waals surface area contributed by atoms with Gasteiger partial charge in [0.15, 0.2) is 5.78 Å². The van der Waals surface area contributed by atoms with E-state index in [-0.39, 0.29) is 22.9 Å². The highest BCUT2D eigenvalue weighted by Gasteiger charge is 2.35. The molecule has 1 N–H and O–H groups in total. The van der Waals surface area contributed by atoms with Gasteiger partial charge >= 0.3 is 0 Å². The number of carbonyl (C=O) groups excluding carboxylic acids is 2. The lowest BCUT2D eigenvalue weighted by atomic mass is 9.98. The van der Waals surface area contributed by atoms with Crippen molar-refractivity contribution in [3.8, 4) is 0 Å². The number of nitrogens with zero attached hydrogens (tertiary/aromatic N) is 2. The molecule has 3 rings (SSSR count). The number of amides is 1. The second-order valence-electron chi connectivity index (χ2n) is 6.13. The van der Waals surface area contributed by atoms with Crippen LogP contribution in [0.3, 0.4) is 0 Å². The molecule has 124 valence electrons. The minimum atomic E-state index is -0.478. The molecule has 0 bridgehead atoms. The highest BCUT2D eigenvalue weighted by Crippen LogP contribution is 2.23. The summed E-state index contributed by atoms with van der Waals surface area (Å²) in [6, 6.07) is 7.77. The number of likely N-dealkylation sites (tertiary alicyclic amines) is 1. The highest BCUT2D eigenvalue weighted by atomic mass is 16.2. The van der Waals surface area contributed by atoms with E-state index in [2.05, 4.69) is 10.2 Å². The van der Waals surface area contributed by atoms with Crippen LogP contribution in [0.15, 0.2) is 35.1 Å². The third-order valence-corrected chi connectivity index (χ3v) is 4.51. The SMILES string of the molecule is Cc1ccc(C(=O)C2CCCN2C(=O)c2ccc(=O)[nH]n2)cc1C. The van der Waals surface area contributed by atoms with Gasteiger partial charge in [0.1, 0.15) is 5.69 Å². The summed E-state index contributed by atoms with van der Waals surface area (Å²) in [7, 11) is 0. The molecule has 0 radical (unpaired) electrons. The number of benzene rings is 1. The maximum Gasteiger partial charge on any atom is 0.274 e. The van der Waals surface area contributed by atoms with Crippen molar-refractivity contribution in [3.05, 3.63) is 63.1 Å². The fraction of sp³-hybridized carbons (Fsp3) is 0.333. The Bertz CT molecular complexity index is 836. The molecule has 6 nitrogen and oxygen atoms in total. The molecule has 1 unspecified atom stereocenters. The van der Waals surface area contributed by atoms with E-state index in [4.69, 9.17) is 0 Å². The topological polar surface area (TPSA) is 83.1 Å². The van der Waals surface area contributed by atoms with Crippen LogP contribution in [0.2, 0.25) is 0 Å². The molecule has 0 spiro atoms. The average molecular weight is 325 g/mol. The molecule has 1 aromatic heterocycles. The monoisotopic (exact) mass is 325 g/mol. The second-order valence-corrected chi connectivity index (χ2v) is 6.13. The summed E-state index contributed by atoms with van der Waals surface area (Å²) >= 11 is 0. The van der Waals surface area contributed by atoms with E-state index in [9.17, 15) is 14.4 Å². The fourth-order valence-electron chi connectivity index (χ4n) is 2.98. The zero-order chi connectivity index (χ0) is 17.3. The maximum atomic E-state index is 12.8. The summed E-state index contributed by atoms with van der Waals surface area (Å²) in [5.41, 5.74) is 2.59. The van der Waals surface area contributed by atoms with Crippen molar-refractivity contribution in [3.63, 3.8) is 0 Å². The molecular formula is C18H19N3O3. The van der Waals surface area contributed by atoms with Crippen molar-refractivity contribution < 1.29 is 9.59 Å². The van der Waals surface area contributed by atoms with Gasteiger partial charge in [0.25, 0.3) is 11.5 Å². The maximum absolute atomic E-state index is 12.8. The van der Waals surface area contributed by atoms with Gasteiger partial charge in [-0.15, -0.1) is 0 Å². The van der Waals surface area contributed by atoms with Crippen LogP contribution in [0.4, 0.5) is 0 Å². The number of ketones is 1. The summed E-state index contributed by atoms with van der Waals surface area (Å²) < 4.78 is 0. The van der Waals surface area contributed by atoms with Crippen molar-refractivity contribution in [1.29, 1.82) is 0 Å². The Morgan fingerprint density at radius 1 is 1.17 bits per heavy atom. The van der Waals surface area contributed by atoms with Gasteiger partial charge in [-0.1, -0.05) is 12.1 Å². The molecule has 1 atom stereocenters. The number of hydrogen-bond donors (Lipinski definition) is 1. The normalized spacial score (nSPS) is 17.1. The average Bonchev–Trinajstić information content (AvgIpc) is 3.06. The first kappa shape index (κ1) is 16.1. The standard InChI is InChI=1S/C18H19N3O3/c1-11-5-6-13(10-12(11)2)17(23)15-4-3-9-21(15)18(24)14-7-8-16(22)20-19-14/h5-8,10,15H,3-4,9H2,1-2H3,(H,20,22). The van der Waals surface area contributed by atoms with Gasteiger partial charge in [0, 0.05) is 18.2 Å². The first-order valence-electron chi connectivity index (χ1n) is 7.95. The van der Waals surface area contributed by atoms with E-state index in [1.165, 1.54) is 12.1 Å². The lowest BCUT2D eigenvalue weighted by Gasteiger charge is -2.23. The molecule has 0 saturated carbocycles. The molecule has 1 saturated heterocycles. The quantitative estimate of drug-likeness (QED) is 0.873. The third kappa shape index (κ3) is 2.99. The smallest absolute Gasteiger partial charge is 0.274 e. The molecule has 1 aliphatic rings. The molecular weight excluding hydrogens is 306 g/mol. The largest absolute Gasteiger partial charge is 0.327 e. The lowest BCUT2D eigenvalue weighted by Crippen LogP contribution is -2.41. The minimum Gasteiger partial charge on any atom is -0.327 e. The number of rotatable bonds is 3. The molecule has 0 aliphatic carbocycles. The predicted molar refractivity (Wildman–Crippen MR) is 89.2 cm³/mol. The zero-order valence-electron chi connectivity index (χ0n) is 13.7. The van der Waals surface area contributed by atoms with Gasteiger partial charge in [-0.2, -0.15) is 5.10 Å². The number of H-pyrrole nitrogens is 1. The number of carbonyl (C=O) groups is 2. The van der Waals surface area contributed by atoms with Crippen molar-refractivity contribution in [2.24, 2.45) is 0 Å². The van der Waals surface area contributed by atoms with Crippen LogP contribution in [-0.4, -0.2) is 39.4 Å². The van der Waals surface area contributed by atoms with Crippen molar-refractivity contribution in [2.45, 2.75) is 32.7 Å². The number of hydrogen-bond acceptors (Lipinski definition) is 4.